The van der Waals surface area contributed by atoms with Gasteiger partial charge in [0.1, 0.15) is 0 Å². The number of methoxy groups -OCH3 is 1. The number of aryl methyl sites for hydroxylation is 1. The van der Waals surface area contributed by atoms with Crippen LogP contribution in [0.2, 0.25) is 0 Å². The van der Waals surface area contributed by atoms with Crippen molar-refractivity contribution in [3.63, 3.8) is 0 Å². The standard InChI is InChI=1S/C24H21N3O4/c1-16-8-6-7-11-19(16)25-22(28)15-30-20-13-12-18(14-21(20)29-2)23-26-24(31-27-23)17-9-4-3-5-10-17/h3-14H,15H2,1-2H3,(H,25,28). The summed E-state index contributed by atoms with van der Waals surface area (Å²) in [5.41, 5.74) is 3.28. The van der Waals surface area contributed by atoms with Gasteiger partial charge in [0.25, 0.3) is 11.8 Å². The van der Waals surface area contributed by atoms with Crippen molar-refractivity contribution in [3.05, 3.63) is 78.4 Å². The molecule has 3 aromatic carbocycles. The van der Waals surface area contributed by atoms with Gasteiger partial charge in [-0.15, -0.1) is 0 Å². The van der Waals surface area contributed by atoms with Gasteiger partial charge in [-0.25, -0.2) is 0 Å². The Morgan fingerprint density at radius 3 is 2.52 bits per heavy atom. The van der Waals surface area contributed by atoms with Crippen LogP contribution in [-0.2, 0) is 4.79 Å². The minimum absolute atomic E-state index is 0.148. The zero-order valence-corrected chi connectivity index (χ0v) is 17.2. The smallest absolute Gasteiger partial charge is 0.262 e. The Labute approximate surface area is 179 Å². The number of benzene rings is 3. The predicted octanol–water partition coefficient (Wildman–Crippen LogP) is 4.74. The highest BCUT2D eigenvalue weighted by Gasteiger charge is 2.14. The molecular formula is C24H21N3O4. The molecule has 7 nitrogen and oxygen atoms in total. The number of carbonyl (C=O) groups is 1. The molecule has 1 aromatic heterocycles. The molecule has 4 rings (SSSR count). The van der Waals surface area contributed by atoms with E-state index in [1.807, 2.05) is 61.5 Å². The monoisotopic (exact) mass is 415 g/mol. The molecule has 0 atom stereocenters. The summed E-state index contributed by atoms with van der Waals surface area (Å²) in [6, 6.07) is 22.3. The van der Waals surface area contributed by atoms with Crippen LogP contribution in [-0.4, -0.2) is 29.8 Å². The second kappa shape index (κ2) is 9.13. The van der Waals surface area contributed by atoms with Gasteiger partial charge in [-0.2, -0.15) is 4.98 Å². The topological polar surface area (TPSA) is 86.5 Å². The van der Waals surface area contributed by atoms with E-state index in [0.29, 0.717) is 28.8 Å². The molecule has 0 radical (unpaired) electrons. The maximum absolute atomic E-state index is 12.3. The molecule has 0 spiro atoms. The summed E-state index contributed by atoms with van der Waals surface area (Å²) in [5, 5.41) is 6.89. The molecule has 0 saturated carbocycles. The van der Waals surface area contributed by atoms with Crippen molar-refractivity contribution >= 4 is 11.6 Å². The Balaban J connectivity index is 1.45. The SMILES string of the molecule is COc1cc(-c2noc(-c3ccccc3)n2)ccc1OCC(=O)Nc1ccccc1C. The Morgan fingerprint density at radius 1 is 0.968 bits per heavy atom. The van der Waals surface area contributed by atoms with Gasteiger partial charge in [0.05, 0.1) is 7.11 Å². The fourth-order valence-corrected chi connectivity index (χ4v) is 3.01. The second-order valence-electron chi connectivity index (χ2n) is 6.81. The molecule has 31 heavy (non-hydrogen) atoms. The highest BCUT2D eigenvalue weighted by Crippen LogP contribution is 2.32. The molecule has 0 aliphatic carbocycles. The van der Waals surface area contributed by atoms with Crippen LogP contribution >= 0.6 is 0 Å². The van der Waals surface area contributed by atoms with Crippen LogP contribution in [0, 0.1) is 6.92 Å². The molecule has 1 heterocycles. The summed E-state index contributed by atoms with van der Waals surface area (Å²) in [4.78, 5) is 16.7. The number of nitrogens with zero attached hydrogens (tertiary/aromatic N) is 2. The summed E-state index contributed by atoms with van der Waals surface area (Å²) in [6.45, 7) is 1.78. The van der Waals surface area contributed by atoms with Crippen molar-refractivity contribution in [1.82, 2.24) is 10.1 Å². The van der Waals surface area contributed by atoms with Crippen molar-refractivity contribution in [2.24, 2.45) is 0 Å². The zero-order valence-electron chi connectivity index (χ0n) is 17.2. The van der Waals surface area contributed by atoms with E-state index in [2.05, 4.69) is 15.5 Å². The number of para-hydroxylation sites is 1. The molecular weight excluding hydrogens is 394 g/mol. The van der Waals surface area contributed by atoms with Crippen molar-refractivity contribution in [3.8, 4) is 34.3 Å². The number of hydrogen-bond acceptors (Lipinski definition) is 6. The predicted molar refractivity (Wildman–Crippen MR) is 117 cm³/mol. The fraction of sp³-hybridized carbons (Fsp3) is 0.125. The van der Waals surface area contributed by atoms with E-state index in [-0.39, 0.29) is 12.5 Å². The third-order valence-electron chi connectivity index (χ3n) is 4.65. The minimum atomic E-state index is -0.258. The average Bonchev–Trinajstić information content (AvgIpc) is 3.30. The van der Waals surface area contributed by atoms with Gasteiger partial charge in [0.15, 0.2) is 18.1 Å². The third kappa shape index (κ3) is 4.72. The number of anilines is 1. The molecule has 0 aliphatic heterocycles. The quantitative estimate of drug-likeness (QED) is 0.469. The lowest BCUT2D eigenvalue weighted by Gasteiger charge is -2.12. The van der Waals surface area contributed by atoms with Crippen molar-refractivity contribution in [2.45, 2.75) is 6.92 Å². The normalized spacial score (nSPS) is 10.5. The fourth-order valence-electron chi connectivity index (χ4n) is 3.01. The van der Waals surface area contributed by atoms with Crippen LogP contribution in [0.3, 0.4) is 0 Å². The van der Waals surface area contributed by atoms with E-state index in [1.54, 1.807) is 18.2 Å². The molecule has 4 aromatic rings. The van der Waals surface area contributed by atoms with Gasteiger partial charge in [0, 0.05) is 16.8 Å². The average molecular weight is 415 g/mol. The van der Waals surface area contributed by atoms with Gasteiger partial charge < -0.3 is 19.3 Å². The molecule has 0 unspecified atom stereocenters. The lowest BCUT2D eigenvalue weighted by atomic mass is 10.2. The summed E-state index contributed by atoms with van der Waals surface area (Å²) >= 11 is 0. The van der Waals surface area contributed by atoms with Gasteiger partial charge >= 0.3 is 0 Å². The van der Waals surface area contributed by atoms with Crippen LogP contribution in [0.4, 0.5) is 5.69 Å². The number of aromatic nitrogens is 2. The maximum Gasteiger partial charge on any atom is 0.262 e. The van der Waals surface area contributed by atoms with E-state index in [0.717, 1.165) is 16.8 Å². The summed E-state index contributed by atoms with van der Waals surface area (Å²) in [5.74, 6) is 1.51. The number of ether oxygens (including phenoxy) is 2. The van der Waals surface area contributed by atoms with Crippen LogP contribution in [0.25, 0.3) is 22.8 Å². The lowest BCUT2D eigenvalue weighted by molar-refractivity contribution is -0.118. The molecule has 1 amide bonds. The van der Waals surface area contributed by atoms with Gasteiger partial charge in [-0.1, -0.05) is 41.6 Å². The number of carbonyl (C=O) groups excluding carboxylic acids is 1. The third-order valence-corrected chi connectivity index (χ3v) is 4.65. The Morgan fingerprint density at radius 2 is 1.74 bits per heavy atom. The van der Waals surface area contributed by atoms with E-state index in [9.17, 15) is 4.79 Å². The summed E-state index contributed by atoms with van der Waals surface area (Å²) in [7, 11) is 1.53. The number of rotatable bonds is 7. The Bertz CT molecular complexity index is 1190. The Hall–Kier alpha value is -4.13. The van der Waals surface area contributed by atoms with Gasteiger partial charge in [0.2, 0.25) is 5.82 Å². The first-order valence-corrected chi connectivity index (χ1v) is 9.70. The van der Waals surface area contributed by atoms with Crippen LogP contribution < -0.4 is 14.8 Å². The number of amides is 1. The number of nitrogens with one attached hydrogen (secondary N) is 1. The summed E-state index contributed by atoms with van der Waals surface area (Å²) < 4.78 is 16.5. The van der Waals surface area contributed by atoms with Gasteiger partial charge in [-0.05, 0) is 48.9 Å². The van der Waals surface area contributed by atoms with Crippen molar-refractivity contribution in [2.75, 3.05) is 19.0 Å². The molecule has 0 aliphatic rings. The van der Waals surface area contributed by atoms with Crippen LogP contribution in [0.15, 0.2) is 77.3 Å². The minimum Gasteiger partial charge on any atom is -0.493 e. The summed E-state index contributed by atoms with van der Waals surface area (Å²) in [6.07, 6.45) is 0. The van der Waals surface area contributed by atoms with Crippen LogP contribution in [0.1, 0.15) is 5.56 Å². The first-order valence-electron chi connectivity index (χ1n) is 9.70. The van der Waals surface area contributed by atoms with Gasteiger partial charge in [-0.3, -0.25) is 4.79 Å². The largest absolute Gasteiger partial charge is 0.493 e. The highest BCUT2D eigenvalue weighted by atomic mass is 16.5. The lowest BCUT2D eigenvalue weighted by Crippen LogP contribution is -2.20. The van der Waals surface area contributed by atoms with Crippen molar-refractivity contribution < 1.29 is 18.8 Å². The maximum atomic E-state index is 12.3. The molecule has 1 N–H and O–H groups in total. The number of hydrogen-bond donors (Lipinski definition) is 1. The second-order valence-corrected chi connectivity index (χ2v) is 6.81. The van der Waals surface area contributed by atoms with Crippen molar-refractivity contribution in [1.29, 1.82) is 0 Å². The highest BCUT2D eigenvalue weighted by molar-refractivity contribution is 5.92. The van der Waals surface area contributed by atoms with E-state index >= 15 is 0 Å². The van der Waals surface area contributed by atoms with E-state index < -0.39 is 0 Å². The Kier molecular flexibility index (Phi) is 5.93. The molecule has 0 fully saturated rings. The van der Waals surface area contributed by atoms with E-state index in [1.165, 1.54) is 7.11 Å². The molecule has 0 bridgehead atoms. The first kappa shape index (κ1) is 20.2. The van der Waals surface area contributed by atoms with Crippen LogP contribution in [0.5, 0.6) is 11.5 Å². The molecule has 156 valence electrons. The first-order chi connectivity index (χ1) is 15.1. The zero-order chi connectivity index (χ0) is 21.6. The molecule has 0 saturated heterocycles. The van der Waals surface area contributed by atoms with E-state index in [4.69, 9.17) is 14.0 Å². The molecule has 7 heteroatoms.